The van der Waals surface area contributed by atoms with Crippen LogP contribution >= 0.6 is 11.6 Å². The molecule has 2 nitrogen and oxygen atoms in total. The average Bonchev–Trinajstić information content (AvgIpc) is 2.33. The van der Waals surface area contributed by atoms with Crippen molar-refractivity contribution in [2.24, 2.45) is 5.92 Å². The molecule has 0 heterocycles. The second kappa shape index (κ2) is 7.42. The average molecular weight is 268 g/mol. The van der Waals surface area contributed by atoms with E-state index in [2.05, 4.69) is 44.3 Å². The van der Waals surface area contributed by atoms with Gasteiger partial charge < -0.3 is 5.32 Å². The van der Waals surface area contributed by atoms with Gasteiger partial charge >= 0.3 is 0 Å². The van der Waals surface area contributed by atoms with Gasteiger partial charge in [-0.25, -0.2) is 0 Å². The molecule has 3 heteroatoms. The molecular weight excluding hydrogens is 246 g/mol. The highest BCUT2D eigenvalue weighted by atomic mass is 35.5. The van der Waals surface area contributed by atoms with E-state index in [0.717, 1.165) is 6.42 Å². The second-order valence-electron chi connectivity index (χ2n) is 5.05. The van der Waals surface area contributed by atoms with Gasteiger partial charge in [0.25, 0.3) is 0 Å². The Morgan fingerprint density at radius 3 is 2.72 bits per heavy atom. The first-order chi connectivity index (χ1) is 8.49. The van der Waals surface area contributed by atoms with E-state index in [4.69, 9.17) is 11.6 Å². The minimum absolute atomic E-state index is 0.00733. The molecule has 0 aromatic heterocycles. The number of carbonyl (C=O) groups is 1. The fourth-order valence-corrected chi connectivity index (χ4v) is 1.74. The van der Waals surface area contributed by atoms with Crippen molar-refractivity contribution in [3.8, 4) is 0 Å². The lowest BCUT2D eigenvalue weighted by Gasteiger charge is -2.14. The van der Waals surface area contributed by atoms with Gasteiger partial charge in [-0.2, -0.15) is 0 Å². The summed E-state index contributed by atoms with van der Waals surface area (Å²) in [5, 5.41) is 2.89. The fraction of sp³-hybridized carbons (Fsp3) is 0.533. The summed E-state index contributed by atoms with van der Waals surface area (Å²) in [5.41, 5.74) is 2.44. The zero-order chi connectivity index (χ0) is 13.5. The molecule has 0 aliphatic rings. The van der Waals surface area contributed by atoms with Gasteiger partial charge in [-0.1, -0.05) is 43.7 Å². The molecule has 1 unspecified atom stereocenters. The lowest BCUT2D eigenvalue weighted by Crippen LogP contribution is -2.32. The van der Waals surface area contributed by atoms with Crippen LogP contribution in [0.25, 0.3) is 0 Å². The third-order valence-corrected chi connectivity index (χ3v) is 3.60. The molecule has 0 fully saturated rings. The molecule has 1 atom stereocenters. The molecule has 100 valence electrons. The Morgan fingerprint density at radius 2 is 2.11 bits per heavy atom. The molecule has 1 N–H and O–H groups in total. The molecule has 1 amide bonds. The van der Waals surface area contributed by atoms with Crippen molar-refractivity contribution < 1.29 is 4.79 Å². The molecule has 1 rings (SSSR count). The normalized spacial score (nSPS) is 12.5. The maximum Gasteiger partial charge on any atom is 0.220 e. The highest BCUT2D eigenvalue weighted by molar-refractivity contribution is 6.21. The van der Waals surface area contributed by atoms with Gasteiger partial charge in [-0.05, 0) is 24.8 Å². The van der Waals surface area contributed by atoms with E-state index in [1.165, 1.54) is 11.1 Å². The Morgan fingerprint density at radius 1 is 1.39 bits per heavy atom. The van der Waals surface area contributed by atoms with E-state index < -0.39 is 0 Å². The predicted octanol–water partition coefficient (Wildman–Crippen LogP) is 3.31. The SMILES string of the molecule is Cc1cccc(CCC(=O)NCC(Cl)C(C)C)c1. The summed E-state index contributed by atoms with van der Waals surface area (Å²) in [6.45, 7) is 6.71. The number of hydrogen-bond donors (Lipinski definition) is 1. The Bertz CT molecular complexity index is 390. The van der Waals surface area contributed by atoms with Crippen LogP contribution in [0.1, 0.15) is 31.4 Å². The minimum Gasteiger partial charge on any atom is -0.355 e. The quantitative estimate of drug-likeness (QED) is 0.788. The standard InChI is InChI=1S/C15H22ClNO/c1-11(2)14(16)10-17-15(18)8-7-13-6-4-5-12(3)9-13/h4-6,9,11,14H,7-8,10H2,1-3H3,(H,17,18). The van der Waals surface area contributed by atoms with Crippen molar-refractivity contribution >= 4 is 17.5 Å². The van der Waals surface area contributed by atoms with Crippen molar-refractivity contribution in [2.75, 3.05) is 6.54 Å². The summed E-state index contributed by atoms with van der Waals surface area (Å²) < 4.78 is 0. The van der Waals surface area contributed by atoms with E-state index in [9.17, 15) is 4.79 Å². The van der Waals surface area contributed by atoms with Crippen LogP contribution in [0.2, 0.25) is 0 Å². The van der Waals surface area contributed by atoms with E-state index in [0.29, 0.717) is 18.9 Å². The third-order valence-electron chi connectivity index (χ3n) is 2.94. The van der Waals surface area contributed by atoms with Crippen LogP contribution in [0.5, 0.6) is 0 Å². The van der Waals surface area contributed by atoms with Crippen LogP contribution in [0, 0.1) is 12.8 Å². The molecule has 0 spiro atoms. The summed E-state index contributed by atoms with van der Waals surface area (Å²) in [6, 6.07) is 8.25. The number of aryl methyl sites for hydroxylation is 2. The maximum atomic E-state index is 11.7. The number of carbonyl (C=O) groups excluding carboxylic acids is 1. The first kappa shape index (κ1) is 15.0. The van der Waals surface area contributed by atoms with Crippen molar-refractivity contribution in [2.45, 2.75) is 39.0 Å². The lowest BCUT2D eigenvalue weighted by atomic mass is 10.1. The number of benzene rings is 1. The van der Waals surface area contributed by atoms with Gasteiger partial charge in [-0.3, -0.25) is 4.79 Å². The topological polar surface area (TPSA) is 29.1 Å². The van der Waals surface area contributed by atoms with Gasteiger partial charge in [0.1, 0.15) is 0 Å². The van der Waals surface area contributed by atoms with E-state index in [1.807, 2.05) is 6.07 Å². The Labute approximate surface area is 115 Å². The van der Waals surface area contributed by atoms with Crippen LogP contribution in [0.15, 0.2) is 24.3 Å². The molecule has 18 heavy (non-hydrogen) atoms. The molecule has 0 aliphatic heterocycles. The summed E-state index contributed by atoms with van der Waals surface area (Å²) in [4.78, 5) is 11.7. The maximum absolute atomic E-state index is 11.7. The van der Waals surface area contributed by atoms with Crippen molar-refractivity contribution in [1.29, 1.82) is 0 Å². The molecular formula is C15H22ClNO. The van der Waals surface area contributed by atoms with Gasteiger partial charge in [0.05, 0.1) is 5.38 Å². The number of alkyl halides is 1. The smallest absolute Gasteiger partial charge is 0.220 e. The van der Waals surface area contributed by atoms with E-state index in [-0.39, 0.29) is 11.3 Å². The summed E-state index contributed by atoms with van der Waals surface area (Å²) in [5.74, 6) is 0.451. The number of hydrogen-bond acceptors (Lipinski definition) is 1. The highest BCUT2D eigenvalue weighted by Gasteiger charge is 2.10. The monoisotopic (exact) mass is 267 g/mol. The number of amides is 1. The van der Waals surface area contributed by atoms with E-state index >= 15 is 0 Å². The zero-order valence-electron chi connectivity index (χ0n) is 11.4. The highest BCUT2D eigenvalue weighted by Crippen LogP contribution is 2.09. The lowest BCUT2D eigenvalue weighted by molar-refractivity contribution is -0.121. The van der Waals surface area contributed by atoms with Gasteiger partial charge in [0.15, 0.2) is 0 Å². The number of nitrogens with one attached hydrogen (secondary N) is 1. The van der Waals surface area contributed by atoms with Crippen LogP contribution < -0.4 is 5.32 Å². The molecule has 0 saturated carbocycles. The number of rotatable bonds is 6. The summed E-state index contributed by atoms with van der Waals surface area (Å²) in [7, 11) is 0. The molecule has 0 radical (unpaired) electrons. The molecule has 0 saturated heterocycles. The van der Waals surface area contributed by atoms with Crippen LogP contribution in [0.4, 0.5) is 0 Å². The van der Waals surface area contributed by atoms with Crippen LogP contribution in [0.3, 0.4) is 0 Å². The second-order valence-corrected chi connectivity index (χ2v) is 5.61. The van der Waals surface area contributed by atoms with Gasteiger partial charge in [-0.15, -0.1) is 11.6 Å². The summed E-state index contributed by atoms with van der Waals surface area (Å²) >= 11 is 6.08. The zero-order valence-corrected chi connectivity index (χ0v) is 12.1. The fourth-order valence-electron chi connectivity index (χ4n) is 1.66. The molecule has 0 aliphatic carbocycles. The molecule has 0 bridgehead atoms. The van der Waals surface area contributed by atoms with Gasteiger partial charge in [0, 0.05) is 13.0 Å². The van der Waals surface area contributed by atoms with Crippen molar-refractivity contribution in [3.05, 3.63) is 35.4 Å². The third kappa shape index (κ3) is 5.54. The Kier molecular flexibility index (Phi) is 6.20. The van der Waals surface area contributed by atoms with Crippen LogP contribution in [-0.4, -0.2) is 17.8 Å². The number of halogens is 1. The van der Waals surface area contributed by atoms with E-state index in [1.54, 1.807) is 0 Å². The van der Waals surface area contributed by atoms with Crippen molar-refractivity contribution in [3.63, 3.8) is 0 Å². The Balaban J connectivity index is 2.29. The first-order valence-electron chi connectivity index (χ1n) is 6.45. The molecule has 1 aromatic rings. The van der Waals surface area contributed by atoms with Crippen LogP contribution in [-0.2, 0) is 11.2 Å². The largest absolute Gasteiger partial charge is 0.355 e. The summed E-state index contributed by atoms with van der Waals surface area (Å²) in [6.07, 6.45) is 1.30. The van der Waals surface area contributed by atoms with Crippen molar-refractivity contribution in [1.82, 2.24) is 5.32 Å². The predicted molar refractivity (Wildman–Crippen MR) is 77.0 cm³/mol. The first-order valence-corrected chi connectivity index (χ1v) is 6.89. The Hall–Kier alpha value is -1.02. The van der Waals surface area contributed by atoms with Gasteiger partial charge in [0.2, 0.25) is 5.91 Å². The molecule has 1 aromatic carbocycles. The minimum atomic E-state index is 0.00733.